The van der Waals surface area contributed by atoms with E-state index in [4.69, 9.17) is 0 Å². The molecule has 0 saturated heterocycles. The Balaban J connectivity index is 1.75. The quantitative estimate of drug-likeness (QED) is 0.558. The first-order chi connectivity index (χ1) is 12.2. The van der Waals surface area contributed by atoms with E-state index in [0.29, 0.717) is 5.56 Å². The molecule has 1 aromatic rings. The van der Waals surface area contributed by atoms with Crippen LogP contribution in [0.1, 0.15) is 47.5 Å². The SMILES string of the molecule is CC(C)=C1[C@@H]2CC[C@@H]1[C@@H](C(=O)NNC(=O)c1csc(C)c1C)[C@@H]2C(=O)O. The normalized spacial score (nSPS) is 26.7. The number of aryl methyl sites for hydroxylation is 1. The number of rotatable bonds is 3. The van der Waals surface area contributed by atoms with Gasteiger partial charge in [-0.3, -0.25) is 25.2 Å². The van der Waals surface area contributed by atoms with Gasteiger partial charge in [0.2, 0.25) is 5.91 Å². The van der Waals surface area contributed by atoms with Crippen LogP contribution in [0.15, 0.2) is 16.5 Å². The van der Waals surface area contributed by atoms with Gasteiger partial charge in [-0.1, -0.05) is 11.1 Å². The van der Waals surface area contributed by atoms with Crippen LogP contribution in [0.5, 0.6) is 0 Å². The summed E-state index contributed by atoms with van der Waals surface area (Å²) in [6, 6.07) is 0. The van der Waals surface area contributed by atoms with E-state index in [0.717, 1.165) is 34.4 Å². The predicted octanol–water partition coefficient (Wildman–Crippen LogP) is 2.82. The van der Waals surface area contributed by atoms with Crippen LogP contribution in [0.4, 0.5) is 0 Å². The van der Waals surface area contributed by atoms with Gasteiger partial charge in [0.05, 0.1) is 17.4 Å². The van der Waals surface area contributed by atoms with Gasteiger partial charge in [-0.2, -0.15) is 0 Å². The van der Waals surface area contributed by atoms with Crippen molar-refractivity contribution in [2.24, 2.45) is 23.7 Å². The van der Waals surface area contributed by atoms with Crippen LogP contribution >= 0.6 is 11.3 Å². The molecule has 0 spiro atoms. The number of thiophene rings is 1. The van der Waals surface area contributed by atoms with Crippen LogP contribution in [0.3, 0.4) is 0 Å². The lowest BCUT2D eigenvalue weighted by atomic mass is 9.79. The van der Waals surface area contributed by atoms with Crippen LogP contribution in [0, 0.1) is 37.5 Å². The number of hydrogen-bond acceptors (Lipinski definition) is 4. The first kappa shape index (κ1) is 18.6. The molecule has 3 N–H and O–H groups in total. The van der Waals surface area contributed by atoms with Gasteiger partial charge < -0.3 is 5.11 Å². The molecule has 2 fully saturated rings. The first-order valence-electron chi connectivity index (χ1n) is 8.79. The summed E-state index contributed by atoms with van der Waals surface area (Å²) in [6.45, 7) is 7.75. The summed E-state index contributed by atoms with van der Waals surface area (Å²) in [5.74, 6) is -3.21. The van der Waals surface area contributed by atoms with Gasteiger partial charge in [0.1, 0.15) is 0 Å². The Labute approximate surface area is 156 Å². The summed E-state index contributed by atoms with van der Waals surface area (Å²) < 4.78 is 0. The van der Waals surface area contributed by atoms with Crippen molar-refractivity contribution in [3.8, 4) is 0 Å². The maximum absolute atomic E-state index is 12.7. The van der Waals surface area contributed by atoms with E-state index in [1.165, 1.54) is 11.3 Å². The molecule has 140 valence electrons. The van der Waals surface area contributed by atoms with Crippen molar-refractivity contribution in [3.63, 3.8) is 0 Å². The number of aliphatic carboxylic acids is 1. The third-order valence-electron chi connectivity index (χ3n) is 5.84. The van der Waals surface area contributed by atoms with Crippen LogP contribution in [-0.2, 0) is 9.59 Å². The van der Waals surface area contributed by atoms with Gasteiger partial charge in [-0.25, -0.2) is 0 Å². The third kappa shape index (κ3) is 2.94. The molecule has 7 heteroatoms. The molecule has 2 aliphatic rings. The molecule has 26 heavy (non-hydrogen) atoms. The number of fused-ring (bicyclic) bond motifs is 2. The van der Waals surface area contributed by atoms with E-state index in [2.05, 4.69) is 10.9 Å². The largest absolute Gasteiger partial charge is 0.481 e. The van der Waals surface area contributed by atoms with E-state index < -0.39 is 23.7 Å². The maximum atomic E-state index is 12.7. The summed E-state index contributed by atoms with van der Waals surface area (Å²) >= 11 is 1.48. The zero-order chi connectivity index (χ0) is 19.2. The second-order valence-corrected chi connectivity index (χ2v) is 8.49. The smallest absolute Gasteiger partial charge is 0.307 e. The standard InChI is InChI=1S/C19H24N2O4S/c1-8(2)14-11-5-6-12(14)16(19(24)25)15(11)18(23)21-20-17(22)13-7-26-10(4)9(13)3/h7,11-12,15-16H,5-6H2,1-4H3,(H,20,22)(H,21,23)(H,24,25)/t11-,12-,15+,16+/m0/s1. The molecule has 3 rings (SSSR count). The highest BCUT2D eigenvalue weighted by Crippen LogP contribution is 2.57. The summed E-state index contributed by atoms with van der Waals surface area (Å²) in [6.07, 6.45) is 1.63. The van der Waals surface area contributed by atoms with Crippen molar-refractivity contribution in [2.45, 2.75) is 40.5 Å². The molecule has 0 unspecified atom stereocenters. The predicted molar refractivity (Wildman–Crippen MR) is 98.6 cm³/mol. The van der Waals surface area contributed by atoms with Crippen molar-refractivity contribution < 1.29 is 19.5 Å². The fraction of sp³-hybridized carbons (Fsp3) is 0.526. The maximum Gasteiger partial charge on any atom is 0.307 e. The second-order valence-electron chi connectivity index (χ2n) is 7.41. The molecule has 0 radical (unpaired) electrons. The Hall–Kier alpha value is -2.15. The Morgan fingerprint density at radius 1 is 1.08 bits per heavy atom. The van der Waals surface area contributed by atoms with E-state index in [1.54, 1.807) is 5.38 Å². The number of amides is 2. The topological polar surface area (TPSA) is 95.5 Å². The monoisotopic (exact) mass is 376 g/mol. The minimum Gasteiger partial charge on any atom is -0.481 e. The summed E-state index contributed by atoms with van der Waals surface area (Å²) in [7, 11) is 0. The number of hydrazine groups is 1. The lowest BCUT2D eigenvalue weighted by Crippen LogP contribution is -2.48. The Kier molecular flexibility index (Phi) is 4.92. The van der Waals surface area contributed by atoms with Crippen molar-refractivity contribution in [3.05, 3.63) is 32.5 Å². The Morgan fingerprint density at radius 2 is 1.69 bits per heavy atom. The number of nitrogens with one attached hydrogen (secondary N) is 2. The molecule has 4 atom stereocenters. The highest BCUT2D eigenvalue weighted by molar-refractivity contribution is 7.10. The zero-order valence-corrected chi connectivity index (χ0v) is 16.2. The minimum absolute atomic E-state index is 0.0480. The fourth-order valence-corrected chi connectivity index (χ4v) is 5.48. The number of carbonyl (C=O) groups is 3. The van der Waals surface area contributed by atoms with Gasteiger partial charge in [0.15, 0.2) is 0 Å². The van der Waals surface area contributed by atoms with Gasteiger partial charge >= 0.3 is 5.97 Å². The highest BCUT2D eigenvalue weighted by Gasteiger charge is 2.57. The molecule has 6 nitrogen and oxygen atoms in total. The molecule has 2 amide bonds. The molecule has 1 aromatic heterocycles. The van der Waals surface area contributed by atoms with Crippen LogP contribution in [-0.4, -0.2) is 22.9 Å². The number of hydrogen-bond donors (Lipinski definition) is 3. The third-order valence-corrected chi connectivity index (χ3v) is 6.85. The number of carbonyl (C=O) groups excluding carboxylic acids is 2. The number of allylic oxidation sites excluding steroid dienone is 2. The molecular weight excluding hydrogens is 352 g/mol. The van der Waals surface area contributed by atoms with Gasteiger partial charge in [0.25, 0.3) is 5.91 Å². The molecule has 2 aliphatic carbocycles. The lowest BCUT2D eigenvalue weighted by molar-refractivity contribution is -0.149. The van der Waals surface area contributed by atoms with Crippen molar-refractivity contribution in [1.82, 2.24) is 10.9 Å². The van der Waals surface area contributed by atoms with Crippen molar-refractivity contribution in [2.75, 3.05) is 0 Å². The van der Waals surface area contributed by atoms with Crippen LogP contribution < -0.4 is 10.9 Å². The molecule has 0 aromatic carbocycles. The number of carboxylic acids is 1. The minimum atomic E-state index is -0.938. The van der Waals surface area contributed by atoms with E-state index in [1.807, 2.05) is 27.7 Å². The molecule has 2 saturated carbocycles. The van der Waals surface area contributed by atoms with Crippen molar-refractivity contribution in [1.29, 1.82) is 0 Å². The van der Waals surface area contributed by atoms with E-state index in [9.17, 15) is 19.5 Å². The van der Waals surface area contributed by atoms with Crippen molar-refractivity contribution >= 4 is 29.1 Å². The first-order valence-corrected chi connectivity index (χ1v) is 9.67. The Morgan fingerprint density at radius 3 is 2.19 bits per heavy atom. The van der Waals surface area contributed by atoms with Gasteiger partial charge in [-0.15, -0.1) is 11.3 Å². The molecule has 0 aliphatic heterocycles. The summed E-state index contributed by atoms with van der Waals surface area (Å²) in [4.78, 5) is 37.9. The summed E-state index contributed by atoms with van der Waals surface area (Å²) in [5.41, 5.74) is 8.56. The van der Waals surface area contributed by atoms with Crippen LogP contribution in [0.25, 0.3) is 0 Å². The molecule has 1 heterocycles. The molecule has 2 bridgehead atoms. The van der Waals surface area contributed by atoms with E-state index >= 15 is 0 Å². The average molecular weight is 376 g/mol. The van der Waals surface area contributed by atoms with Crippen LogP contribution in [0.2, 0.25) is 0 Å². The second kappa shape index (κ2) is 6.87. The average Bonchev–Trinajstić information content (AvgIpc) is 3.24. The molecular formula is C19H24N2O4S. The zero-order valence-electron chi connectivity index (χ0n) is 15.4. The Bertz CT molecular complexity index is 806. The fourth-order valence-electron chi connectivity index (χ4n) is 4.61. The number of carboxylic acid groups (broad SMARTS) is 1. The van der Waals surface area contributed by atoms with Gasteiger partial charge in [-0.05, 0) is 57.9 Å². The summed E-state index contributed by atoms with van der Waals surface area (Å²) in [5, 5.41) is 11.4. The lowest BCUT2D eigenvalue weighted by Gasteiger charge is -2.26. The van der Waals surface area contributed by atoms with Gasteiger partial charge in [0, 0.05) is 10.3 Å². The highest BCUT2D eigenvalue weighted by atomic mass is 32.1. The van der Waals surface area contributed by atoms with E-state index in [-0.39, 0.29) is 17.7 Å².